The van der Waals surface area contributed by atoms with Gasteiger partial charge in [0.05, 0.1) is 6.61 Å². The van der Waals surface area contributed by atoms with Gasteiger partial charge in [-0.3, -0.25) is 0 Å². The minimum atomic E-state index is 0.409. The molecule has 5 heteroatoms. The van der Waals surface area contributed by atoms with Crippen LogP contribution in [-0.2, 0) is 11.3 Å². The molecule has 0 fully saturated rings. The third-order valence-corrected chi connectivity index (χ3v) is 2.42. The number of nitrogens with zero attached hydrogens (tertiary/aromatic N) is 2. The predicted octanol–water partition coefficient (Wildman–Crippen LogP) is 3.02. The molecule has 0 saturated heterocycles. The van der Waals surface area contributed by atoms with Gasteiger partial charge in [0.2, 0.25) is 0 Å². The van der Waals surface area contributed by atoms with Crippen molar-refractivity contribution in [2.45, 2.75) is 6.61 Å². The fourth-order valence-corrected chi connectivity index (χ4v) is 1.61. The van der Waals surface area contributed by atoms with Gasteiger partial charge in [-0.05, 0) is 6.07 Å². The number of rotatable bonds is 4. The number of para-hydroxylation sites is 1. The first-order valence-electron chi connectivity index (χ1n) is 5.11. The fraction of sp³-hybridized carbons (Fsp3) is 0.167. The van der Waals surface area contributed by atoms with Crippen LogP contribution in [0.4, 0.5) is 11.5 Å². The van der Waals surface area contributed by atoms with Crippen molar-refractivity contribution in [3.8, 4) is 0 Å². The van der Waals surface area contributed by atoms with Gasteiger partial charge in [0.25, 0.3) is 0 Å². The average Bonchev–Trinajstić information content (AvgIpc) is 2.32. The third-order valence-electron chi connectivity index (χ3n) is 2.21. The van der Waals surface area contributed by atoms with E-state index in [-0.39, 0.29) is 0 Å². The molecule has 0 atom stereocenters. The van der Waals surface area contributed by atoms with Crippen LogP contribution in [0.15, 0.2) is 36.7 Å². The Morgan fingerprint density at radius 3 is 2.88 bits per heavy atom. The van der Waals surface area contributed by atoms with Crippen molar-refractivity contribution < 1.29 is 4.74 Å². The Kier molecular flexibility index (Phi) is 3.90. The van der Waals surface area contributed by atoms with Gasteiger partial charge in [-0.25, -0.2) is 9.97 Å². The van der Waals surface area contributed by atoms with Gasteiger partial charge in [-0.2, -0.15) is 0 Å². The lowest BCUT2D eigenvalue weighted by Crippen LogP contribution is -1.99. The van der Waals surface area contributed by atoms with Crippen molar-refractivity contribution in [3.05, 3.63) is 47.4 Å². The van der Waals surface area contributed by atoms with E-state index in [2.05, 4.69) is 15.3 Å². The Hall–Kier alpha value is -1.65. The van der Waals surface area contributed by atoms with E-state index in [0.29, 0.717) is 17.6 Å². The summed E-state index contributed by atoms with van der Waals surface area (Å²) < 4.78 is 5.13. The predicted molar refractivity (Wildman–Crippen MR) is 67.5 cm³/mol. The van der Waals surface area contributed by atoms with Crippen molar-refractivity contribution in [3.63, 3.8) is 0 Å². The second-order valence-electron chi connectivity index (χ2n) is 3.44. The standard InChI is InChI=1S/C12H12ClN3O/c1-17-7-9-4-2-3-5-10(9)16-12-6-11(13)14-8-15-12/h2-6,8H,7H2,1H3,(H,14,15,16). The van der Waals surface area contributed by atoms with Crippen LogP contribution in [0.3, 0.4) is 0 Å². The van der Waals surface area contributed by atoms with E-state index >= 15 is 0 Å². The van der Waals surface area contributed by atoms with Crippen LogP contribution < -0.4 is 5.32 Å². The molecule has 4 nitrogen and oxygen atoms in total. The second-order valence-corrected chi connectivity index (χ2v) is 3.83. The third kappa shape index (κ3) is 3.15. The van der Waals surface area contributed by atoms with E-state index in [1.165, 1.54) is 6.33 Å². The van der Waals surface area contributed by atoms with E-state index < -0.39 is 0 Å². The summed E-state index contributed by atoms with van der Waals surface area (Å²) in [5.41, 5.74) is 2.01. The summed E-state index contributed by atoms with van der Waals surface area (Å²) in [6.45, 7) is 0.544. The molecule has 0 aliphatic rings. The highest BCUT2D eigenvalue weighted by Gasteiger charge is 2.03. The Balaban J connectivity index is 2.23. The van der Waals surface area contributed by atoms with Crippen molar-refractivity contribution in [2.75, 3.05) is 12.4 Å². The van der Waals surface area contributed by atoms with E-state index in [1.54, 1.807) is 13.2 Å². The lowest BCUT2D eigenvalue weighted by molar-refractivity contribution is 0.185. The second kappa shape index (κ2) is 5.61. The van der Waals surface area contributed by atoms with Crippen molar-refractivity contribution in [2.24, 2.45) is 0 Å². The number of hydrogen-bond acceptors (Lipinski definition) is 4. The van der Waals surface area contributed by atoms with E-state index in [1.807, 2.05) is 24.3 Å². The molecule has 1 aromatic heterocycles. The smallest absolute Gasteiger partial charge is 0.135 e. The molecule has 0 unspecified atom stereocenters. The lowest BCUT2D eigenvalue weighted by atomic mass is 10.2. The number of aromatic nitrogens is 2. The summed E-state index contributed by atoms with van der Waals surface area (Å²) in [4.78, 5) is 7.92. The number of hydrogen-bond donors (Lipinski definition) is 1. The fourth-order valence-electron chi connectivity index (χ4n) is 1.46. The molecular weight excluding hydrogens is 238 g/mol. The van der Waals surface area contributed by atoms with Gasteiger partial charge in [-0.15, -0.1) is 0 Å². The first-order chi connectivity index (χ1) is 8.29. The normalized spacial score (nSPS) is 10.2. The molecule has 0 aliphatic heterocycles. The maximum atomic E-state index is 5.80. The zero-order valence-electron chi connectivity index (χ0n) is 9.35. The maximum absolute atomic E-state index is 5.80. The van der Waals surface area contributed by atoms with Crippen LogP contribution in [0.1, 0.15) is 5.56 Å². The Morgan fingerprint density at radius 2 is 2.12 bits per heavy atom. The summed E-state index contributed by atoms with van der Waals surface area (Å²) in [7, 11) is 1.67. The number of anilines is 2. The Morgan fingerprint density at radius 1 is 1.29 bits per heavy atom. The van der Waals surface area contributed by atoms with E-state index in [0.717, 1.165) is 11.3 Å². The molecule has 17 heavy (non-hydrogen) atoms. The summed E-state index contributed by atoms with van der Waals surface area (Å²) in [6.07, 6.45) is 1.42. The van der Waals surface area contributed by atoms with Crippen LogP contribution >= 0.6 is 11.6 Å². The number of ether oxygens (including phenoxy) is 1. The largest absolute Gasteiger partial charge is 0.380 e. The summed E-state index contributed by atoms with van der Waals surface area (Å²) in [6, 6.07) is 9.54. The van der Waals surface area contributed by atoms with Crippen molar-refractivity contribution in [1.82, 2.24) is 9.97 Å². The lowest BCUT2D eigenvalue weighted by Gasteiger charge is -2.10. The first kappa shape index (κ1) is 11.8. The van der Waals surface area contributed by atoms with Gasteiger partial charge in [0.1, 0.15) is 17.3 Å². The molecule has 1 N–H and O–H groups in total. The highest BCUT2D eigenvalue weighted by atomic mass is 35.5. The van der Waals surface area contributed by atoms with Gasteiger partial charge in [-0.1, -0.05) is 29.8 Å². The van der Waals surface area contributed by atoms with E-state index in [9.17, 15) is 0 Å². The highest BCUT2D eigenvalue weighted by Crippen LogP contribution is 2.20. The zero-order valence-corrected chi connectivity index (χ0v) is 10.1. The molecule has 0 saturated carbocycles. The van der Waals surface area contributed by atoms with Gasteiger partial charge >= 0.3 is 0 Å². The molecule has 1 aromatic carbocycles. The molecule has 2 aromatic rings. The topological polar surface area (TPSA) is 47.0 Å². The van der Waals surface area contributed by atoms with Crippen LogP contribution in [0.5, 0.6) is 0 Å². The van der Waals surface area contributed by atoms with Crippen LogP contribution in [-0.4, -0.2) is 17.1 Å². The molecule has 0 amide bonds. The number of benzene rings is 1. The monoisotopic (exact) mass is 249 g/mol. The molecule has 0 spiro atoms. The van der Waals surface area contributed by atoms with Crippen LogP contribution in [0, 0.1) is 0 Å². The highest BCUT2D eigenvalue weighted by molar-refractivity contribution is 6.29. The minimum absolute atomic E-state index is 0.409. The molecule has 0 radical (unpaired) electrons. The van der Waals surface area contributed by atoms with Gasteiger partial charge in [0.15, 0.2) is 0 Å². The maximum Gasteiger partial charge on any atom is 0.135 e. The number of methoxy groups -OCH3 is 1. The SMILES string of the molecule is COCc1ccccc1Nc1cc(Cl)ncn1. The summed E-state index contributed by atoms with van der Waals surface area (Å²) in [5, 5.41) is 3.59. The van der Waals surface area contributed by atoms with Gasteiger partial charge < -0.3 is 10.1 Å². The van der Waals surface area contributed by atoms with Crippen LogP contribution in [0.25, 0.3) is 0 Å². The quantitative estimate of drug-likeness (QED) is 0.847. The molecule has 88 valence electrons. The molecule has 0 bridgehead atoms. The zero-order chi connectivity index (χ0) is 12.1. The Labute approximate surface area is 105 Å². The number of halogens is 1. The molecule has 1 heterocycles. The minimum Gasteiger partial charge on any atom is -0.380 e. The molecule has 0 aliphatic carbocycles. The van der Waals surface area contributed by atoms with Crippen LogP contribution in [0.2, 0.25) is 5.15 Å². The van der Waals surface area contributed by atoms with Crippen molar-refractivity contribution >= 4 is 23.1 Å². The average molecular weight is 250 g/mol. The van der Waals surface area contributed by atoms with Gasteiger partial charge in [0, 0.05) is 24.4 Å². The molecular formula is C12H12ClN3O. The van der Waals surface area contributed by atoms with E-state index in [4.69, 9.17) is 16.3 Å². The Bertz CT molecular complexity index is 505. The summed E-state index contributed by atoms with van der Waals surface area (Å²) in [5.74, 6) is 0.661. The first-order valence-corrected chi connectivity index (χ1v) is 5.49. The molecule has 2 rings (SSSR count). The number of nitrogens with one attached hydrogen (secondary N) is 1. The summed E-state index contributed by atoms with van der Waals surface area (Å²) >= 11 is 5.80. The van der Waals surface area contributed by atoms with Crippen molar-refractivity contribution in [1.29, 1.82) is 0 Å².